The van der Waals surface area contributed by atoms with Gasteiger partial charge in [-0.3, -0.25) is 4.31 Å². The Bertz CT molecular complexity index is 1210. The van der Waals surface area contributed by atoms with Crippen molar-refractivity contribution in [3.8, 4) is 0 Å². The molecule has 0 spiro atoms. The lowest BCUT2D eigenvalue weighted by atomic mass is 10.1. The number of rotatable bonds is 6. The molecule has 33 heavy (non-hydrogen) atoms. The van der Waals surface area contributed by atoms with E-state index < -0.39 is 10.0 Å². The van der Waals surface area contributed by atoms with Crippen LogP contribution in [0.25, 0.3) is 10.8 Å². The Balaban J connectivity index is 1.52. The van der Waals surface area contributed by atoms with E-state index in [9.17, 15) is 8.42 Å². The summed E-state index contributed by atoms with van der Waals surface area (Å²) in [7, 11) is -1.54. The number of hydrogen-bond donors (Lipinski definition) is 0. The largest absolute Gasteiger partial charge is 0.369 e. The summed E-state index contributed by atoms with van der Waals surface area (Å²) < 4.78 is 29.7. The van der Waals surface area contributed by atoms with Crippen LogP contribution in [-0.2, 0) is 10.0 Å². The lowest BCUT2D eigenvalue weighted by Gasteiger charge is -2.35. The van der Waals surface area contributed by atoms with Crippen LogP contribution in [0.5, 0.6) is 0 Å². The molecular weight excluding hydrogens is 430 g/mol. The van der Waals surface area contributed by atoms with Crippen LogP contribution in [0.15, 0.2) is 71.6 Å². The molecule has 1 saturated heterocycles. The van der Waals surface area contributed by atoms with Crippen molar-refractivity contribution in [1.29, 1.82) is 0 Å². The summed E-state index contributed by atoms with van der Waals surface area (Å²) in [4.78, 5) is 5.06. The number of piperazine rings is 1. The fourth-order valence-electron chi connectivity index (χ4n) is 5.13. The van der Waals surface area contributed by atoms with Gasteiger partial charge in [0.15, 0.2) is 0 Å². The SMILES string of the molecule is CN1CCN(c2cccc(N(CC3CCCC3)S(=O)(=O)c3ccc4ccccc4c3)c2)CC1. The van der Waals surface area contributed by atoms with E-state index in [2.05, 4.69) is 29.0 Å². The molecule has 0 aromatic heterocycles. The number of sulfonamides is 1. The zero-order chi connectivity index (χ0) is 22.8. The fourth-order valence-corrected chi connectivity index (χ4v) is 6.70. The van der Waals surface area contributed by atoms with E-state index in [4.69, 9.17) is 0 Å². The van der Waals surface area contributed by atoms with Crippen molar-refractivity contribution >= 4 is 32.2 Å². The molecule has 2 fully saturated rings. The van der Waals surface area contributed by atoms with Crippen LogP contribution in [0, 0.1) is 5.92 Å². The highest BCUT2D eigenvalue weighted by atomic mass is 32.2. The first kappa shape index (κ1) is 22.2. The van der Waals surface area contributed by atoms with Gasteiger partial charge in [0.1, 0.15) is 0 Å². The van der Waals surface area contributed by atoms with Gasteiger partial charge in [-0.15, -0.1) is 0 Å². The van der Waals surface area contributed by atoms with Crippen LogP contribution in [0.1, 0.15) is 25.7 Å². The number of anilines is 2. The first-order chi connectivity index (χ1) is 16.0. The van der Waals surface area contributed by atoms with Crippen LogP contribution < -0.4 is 9.21 Å². The van der Waals surface area contributed by atoms with E-state index in [1.165, 1.54) is 12.8 Å². The van der Waals surface area contributed by atoms with E-state index in [-0.39, 0.29) is 0 Å². The number of likely N-dealkylation sites (N-methyl/N-ethyl adjacent to an activating group) is 1. The summed E-state index contributed by atoms with van der Waals surface area (Å²) in [5, 5.41) is 2.00. The Kier molecular flexibility index (Phi) is 6.30. The lowest BCUT2D eigenvalue weighted by molar-refractivity contribution is 0.313. The van der Waals surface area contributed by atoms with E-state index in [0.29, 0.717) is 17.4 Å². The molecular formula is C27H33N3O2S. The van der Waals surface area contributed by atoms with Crippen molar-refractivity contribution in [2.75, 3.05) is 49.0 Å². The summed E-state index contributed by atoms with van der Waals surface area (Å²) in [6.45, 7) is 4.50. The van der Waals surface area contributed by atoms with Gasteiger partial charge >= 0.3 is 0 Å². The molecule has 5 rings (SSSR count). The highest BCUT2D eigenvalue weighted by Gasteiger charge is 2.29. The molecule has 1 aliphatic heterocycles. The Hall–Kier alpha value is -2.57. The van der Waals surface area contributed by atoms with E-state index in [1.807, 2.05) is 48.5 Å². The van der Waals surface area contributed by atoms with Crippen molar-refractivity contribution < 1.29 is 8.42 Å². The second-order valence-corrected chi connectivity index (χ2v) is 11.4. The van der Waals surface area contributed by atoms with Crippen LogP contribution in [0.3, 0.4) is 0 Å². The van der Waals surface area contributed by atoms with Gasteiger partial charge in [-0.1, -0.05) is 49.2 Å². The van der Waals surface area contributed by atoms with Gasteiger partial charge < -0.3 is 9.80 Å². The number of benzene rings is 3. The highest BCUT2D eigenvalue weighted by molar-refractivity contribution is 7.92. The zero-order valence-corrected chi connectivity index (χ0v) is 20.2. The molecule has 0 N–H and O–H groups in total. The Morgan fingerprint density at radius 3 is 2.33 bits per heavy atom. The Morgan fingerprint density at radius 2 is 1.58 bits per heavy atom. The predicted molar refractivity (Wildman–Crippen MR) is 137 cm³/mol. The molecule has 2 aliphatic rings. The Labute approximate surface area is 197 Å². The molecule has 1 aliphatic carbocycles. The van der Waals surface area contributed by atoms with Gasteiger partial charge in [0, 0.05) is 38.4 Å². The smallest absolute Gasteiger partial charge is 0.264 e. The second kappa shape index (κ2) is 9.35. The number of hydrogen-bond acceptors (Lipinski definition) is 4. The first-order valence-corrected chi connectivity index (χ1v) is 13.5. The molecule has 0 atom stereocenters. The van der Waals surface area contributed by atoms with E-state index in [0.717, 1.165) is 61.2 Å². The summed E-state index contributed by atoms with van der Waals surface area (Å²) in [5.74, 6) is 0.410. The molecule has 174 valence electrons. The molecule has 0 unspecified atom stereocenters. The van der Waals surface area contributed by atoms with Crippen LogP contribution in [-0.4, -0.2) is 53.1 Å². The van der Waals surface area contributed by atoms with Crippen LogP contribution >= 0.6 is 0 Å². The molecule has 0 bridgehead atoms. The van der Waals surface area contributed by atoms with Crippen molar-refractivity contribution in [2.45, 2.75) is 30.6 Å². The summed E-state index contributed by atoms with van der Waals surface area (Å²) in [6, 6.07) is 21.5. The topological polar surface area (TPSA) is 43.9 Å². The van der Waals surface area contributed by atoms with E-state index >= 15 is 0 Å². The van der Waals surface area contributed by atoms with Gasteiger partial charge in [-0.05, 0) is 66.9 Å². The van der Waals surface area contributed by atoms with Crippen LogP contribution in [0.4, 0.5) is 11.4 Å². The highest BCUT2D eigenvalue weighted by Crippen LogP contribution is 2.33. The quantitative estimate of drug-likeness (QED) is 0.517. The van der Waals surface area contributed by atoms with Gasteiger partial charge in [0.25, 0.3) is 10.0 Å². The zero-order valence-electron chi connectivity index (χ0n) is 19.4. The third kappa shape index (κ3) is 4.73. The third-order valence-corrected chi connectivity index (χ3v) is 8.98. The summed E-state index contributed by atoms with van der Waals surface area (Å²) >= 11 is 0. The van der Waals surface area contributed by atoms with Crippen molar-refractivity contribution in [1.82, 2.24) is 4.90 Å². The lowest BCUT2D eigenvalue weighted by Crippen LogP contribution is -2.44. The second-order valence-electron chi connectivity index (χ2n) is 9.51. The normalized spacial score (nSPS) is 18.2. The van der Waals surface area contributed by atoms with Gasteiger partial charge in [-0.2, -0.15) is 0 Å². The maximum atomic E-state index is 14.0. The van der Waals surface area contributed by atoms with Gasteiger partial charge in [-0.25, -0.2) is 8.42 Å². The number of nitrogens with zero attached hydrogens (tertiary/aromatic N) is 3. The maximum Gasteiger partial charge on any atom is 0.264 e. The Morgan fingerprint density at radius 1 is 0.848 bits per heavy atom. The molecule has 5 nitrogen and oxygen atoms in total. The van der Waals surface area contributed by atoms with Gasteiger partial charge in [0.05, 0.1) is 10.6 Å². The molecule has 3 aromatic rings. The van der Waals surface area contributed by atoms with Crippen molar-refractivity contribution in [3.63, 3.8) is 0 Å². The average Bonchev–Trinajstić information content (AvgIpc) is 3.36. The fraction of sp³-hybridized carbons (Fsp3) is 0.407. The van der Waals surface area contributed by atoms with Crippen molar-refractivity contribution in [2.24, 2.45) is 5.92 Å². The molecule has 3 aromatic carbocycles. The van der Waals surface area contributed by atoms with Crippen molar-refractivity contribution in [3.05, 3.63) is 66.7 Å². The van der Waals surface area contributed by atoms with Gasteiger partial charge in [0.2, 0.25) is 0 Å². The molecule has 0 radical (unpaired) electrons. The molecule has 1 saturated carbocycles. The summed E-state index contributed by atoms with van der Waals surface area (Å²) in [6.07, 6.45) is 4.58. The molecule has 6 heteroatoms. The minimum atomic E-state index is -3.68. The predicted octanol–water partition coefficient (Wildman–Crippen LogP) is 4.98. The summed E-state index contributed by atoms with van der Waals surface area (Å²) in [5.41, 5.74) is 1.87. The first-order valence-electron chi connectivity index (χ1n) is 12.1. The van der Waals surface area contributed by atoms with Crippen LogP contribution in [0.2, 0.25) is 0 Å². The van der Waals surface area contributed by atoms with E-state index in [1.54, 1.807) is 10.4 Å². The average molecular weight is 464 g/mol. The minimum absolute atomic E-state index is 0.365. The standard InChI is InChI=1S/C27H33N3O2S/c1-28-15-17-29(18-16-28)25-11-6-12-26(20-25)30(21-22-7-2-3-8-22)33(31,32)27-14-13-23-9-4-5-10-24(23)19-27/h4-6,9-14,19-20,22H,2-3,7-8,15-18,21H2,1H3. The molecule has 0 amide bonds. The number of fused-ring (bicyclic) bond motifs is 1. The third-order valence-electron chi connectivity index (χ3n) is 7.19. The maximum absolute atomic E-state index is 14.0. The minimum Gasteiger partial charge on any atom is -0.369 e. The molecule has 1 heterocycles. The monoisotopic (exact) mass is 463 g/mol.